The van der Waals surface area contributed by atoms with E-state index in [1.807, 2.05) is 0 Å². The third-order valence-corrected chi connectivity index (χ3v) is 7.15. The molecule has 1 atom stereocenters. The molecule has 2 aliphatic rings. The van der Waals surface area contributed by atoms with Crippen molar-refractivity contribution in [2.45, 2.75) is 70.1 Å². The topological polar surface area (TPSA) is 46.5 Å². The Hall–Kier alpha value is -1.98. The van der Waals surface area contributed by atoms with Crippen molar-refractivity contribution in [2.75, 3.05) is 0 Å². The van der Waals surface area contributed by atoms with Crippen LogP contribution >= 0.6 is 0 Å². The summed E-state index contributed by atoms with van der Waals surface area (Å²) in [6.45, 7) is 3.70. The second-order valence-corrected chi connectivity index (χ2v) is 8.87. The first-order chi connectivity index (χ1) is 14.3. The van der Waals surface area contributed by atoms with Gasteiger partial charge in [-0.1, -0.05) is 18.2 Å². The van der Waals surface area contributed by atoms with Crippen molar-refractivity contribution in [3.8, 4) is 5.75 Å². The number of carboxylic acid groups (broad SMARTS) is 1. The van der Waals surface area contributed by atoms with Crippen LogP contribution in [0.1, 0.15) is 69.3 Å². The van der Waals surface area contributed by atoms with Crippen molar-refractivity contribution < 1.29 is 27.8 Å². The van der Waals surface area contributed by atoms with Crippen LogP contribution in [0.3, 0.4) is 0 Å². The zero-order valence-electron chi connectivity index (χ0n) is 17.2. The molecule has 6 heteroatoms. The molecule has 0 aromatic heterocycles. The van der Waals surface area contributed by atoms with Crippen molar-refractivity contribution in [1.82, 2.24) is 0 Å². The smallest absolute Gasteiger partial charge is 0.481 e. The molecule has 3 rings (SSSR count). The van der Waals surface area contributed by atoms with E-state index in [1.165, 1.54) is 12.1 Å². The fourth-order valence-corrected chi connectivity index (χ4v) is 5.56. The molecule has 1 aromatic carbocycles. The molecule has 3 nitrogen and oxygen atoms in total. The van der Waals surface area contributed by atoms with E-state index < -0.39 is 12.3 Å². The second-order valence-electron chi connectivity index (χ2n) is 8.87. The first-order valence-corrected chi connectivity index (χ1v) is 11.0. The minimum atomic E-state index is -4.66. The number of carboxylic acids is 1. The van der Waals surface area contributed by atoms with Crippen molar-refractivity contribution in [2.24, 2.45) is 23.7 Å². The summed E-state index contributed by atoms with van der Waals surface area (Å²) in [5.41, 5.74) is 1.08. The maximum atomic E-state index is 12.3. The Bertz CT molecular complexity index is 697. The number of benzene rings is 1. The predicted molar refractivity (Wildman–Crippen MR) is 109 cm³/mol. The van der Waals surface area contributed by atoms with E-state index in [0.717, 1.165) is 56.9 Å². The van der Waals surface area contributed by atoms with E-state index in [0.29, 0.717) is 24.2 Å². The molecular formula is C24H31F3O3. The van der Waals surface area contributed by atoms with Crippen LogP contribution in [0, 0.1) is 23.7 Å². The van der Waals surface area contributed by atoms with E-state index in [9.17, 15) is 23.1 Å². The van der Waals surface area contributed by atoms with Gasteiger partial charge in [-0.3, -0.25) is 4.79 Å². The van der Waals surface area contributed by atoms with Crippen LogP contribution in [0.5, 0.6) is 5.75 Å². The summed E-state index contributed by atoms with van der Waals surface area (Å²) in [6.07, 6.45) is 6.15. The number of allylic oxidation sites excluding steroid dienone is 1. The molecule has 30 heavy (non-hydrogen) atoms. The van der Waals surface area contributed by atoms with Gasteiger partial charge in [0, 0.05) is 0 Å². The van der Waals surface area contributed by atoms with Crippen LogP contribution in [0.2, 0.25) is 0 Å². The molecule has 2 saturated carbocycles. The van der Waals surface area contributed by atoms with Gasteiger partial charge in [0.05, 0.1) is 5.92 Å². The first-order valence-electron chi connectivity index (χ1n) is 11.0. The Labute approximate surface area is 176 Å². The number of aliphatic carboxylic acids is 1. The highest BCUT2D eigenvalue weighted by Crippen LogP contribution is 2.45. The summed E-state index contributed by atoms with van der Waals surface area (Å²) in [6, 6.07) is 6.31. The Morgan fingerprint density at radius 2 is 1.57 bits per heavy atom. The molecule has 0 spiro atoms. The summed E-state index contributed by atoms with van der Waals surface area (Å²) in [7, 11) is 0. The van der Waals surface area contributed by atoms with Crippen LogP contribution in [0.25, 0.3) is 0 Å². The van der Waals surface area contributed by atoms with Gasteiger partial charge in [-0.2, -0.15) is 0 Å². The third-order valence-electron chi connectivity index (χ3n) is 7.15. The summed E-state index contributed by atoms with van der Waals surface area (Å²) in [4.78, 5) is 11.5. The fraction of sp³-hybridized carbons (Fsp3) is 0.625. The lowest BCUT2D eigenvalue weighted by Gasteiger charge is -2.39. The van der Waals surface area contributed by atoms with Gasteiger partial charge in [-0.15, -0.1) is 19.8 Å². The highest BCUT2D eigenvalue weighted by molar-refractivity contribution is 5.70. The molecule has 0 bridgehead atoms. The largest absolute Gasteiger partial charge is 0.573 e. The number of rotatable bonds is 7. The van der Waals surface area contributed by atoms with E-state index in [1.54, 1.807) is 18.2 Å². The highest BCUT2D eigenvalue weighted by atomic mass is 19.4. The second kappa shape index (κ2) is 9.88. The quantitative estimate of drug-likeness (QED) is 0.482. The lowest BCUT2D eigenvalue weighted by Crippen LogP contribution is -2.30. The highest BCUT2D eigenvalue weighted by Gasteiger charge is 2.35. The SMILES string of the molecule is C=CCC(C(=O)O)C1CCC(C2CCC(c3ccc(OC(F)(F)F)cc3)CC2)CC1. The zero-order valence-corrected chi connectivity index (χ0v) is 17.2. The Balaban J connectivity index is 1.47. The molecule has 0 aliphatic heterocycles. The number of hydrogen-bond donors (Lipinski definition) is 1. The molecule has 2 fully saturated rings. The van der Waals surface area contributed by atoms with Crippen LogP contribution in [-0.2, 0) is 4.79 Å². The third kappa shape index (κ3) is 6.02. The minimum Gasteiger partial charge on any atom is -0.481 e. The fourth-order valence-electron chi connectivity index (χ4n) is 5.56. The van der Waals surface area contributed by atoms with E-state index in [4.69, 9.17) is 0 Å². The molecule has 0 heterocycles. The Kier molecular flexibility index (Phi) is 7.48. The van der Waals surface area contributed by atoms with Gasteiger partial charge in [0.25, 0.3) is 0 Å². The van der Waals surface area contributed by atoms with Crippen molar-refractivity contribution in [1.29, 1.82) is 0 Å². The summed E-state index contributed by atoms with van der Waals surface area (Å²) in [5, 5.41) is 9.47. The molecular weight excluding hydrogens is 393 g/mol. The van der Waals surface area contributed by atoms with Gasteiger partial charge in [0.2, 0.25) is 0 Å². The number of ether oxygens (including phenoxy) is 1. The summed E-state index contributed by atoms with van der Waals surface area (Å²) in [5.74, 6) is 0.814. The van der Waals surface area contributed by atoms with Crippen LogP contribution in [-0.4, -0.2) is 17.4 Å². The lowest BCUT2D eigenvalue weighted by molar-refractivity contribution is -0.274. The van der Waals surface area contributed by atoms with Gasteiger partial charge in [-0.05, 0) is 99.2 Å². The van der Waals surface area contributed by atoms with Gasteiger partial charge in [0.1, 0.15) is 5.75 Å². The predicted octanol–water partition coefficient (Wildman–Crippen LogP) is 6.94. The van der Waals surface area contributed by atoms with E-state index >= 15 is 0 Å². The average molecular weight is 425 g/mol. The standard InChI is InChI=1S/C24H31F3O3/c1-2-3-22(23(28)29)20-10-8-18(9-11-20)16-4-6-17(7-5-16)19-12-14-21(15-13-19)30-24(25,26)27/h2,12-18,20,22H,1,3-11H2,(H,28,29). The van der Waals surface area contributed by atoms with Gasteiger partial charge in [0.15, 0.2) is 0 Å². The van der Waals surface area contributed by atoms with Crippen LogP contribution in [0.15, 0.2) is 36.9 Å². The van der Waals surface area contributed by atoms with E-state index in [2.05, 4.69) is 11.3 Å². The first kappa shape index (κ1) is 22.7. The maximum absolute atomic E-state index is 12.3. The minimum absolute atomic E-state index is 0.173. The molecule has 0 amide bonds. The van der Waals surface area contributed by atoms with Gasteiger partial charge in [-0.25, -0.2) is 0 Å². The Morgan fingerprint density at radius 1 is 1.03 bits per heavy atom. The van der Waals surface area contributed by atoms with Gasteiger partial charge >= 0.3 is 12.3 Å². The molecule has 2 aliphatic carbocycles. The maximum Gasteiger partial charge on any atom is 0.573 e. The van der Waals surface area contributed by atoms with E-state index in [-0.39, 0.29) is 17.6 Å². The molecule has 166 valence electrons. The Morgan fingerprint density at radius 3 is 2.03 bits per heavy atom. The van der Waals surface area contributed by atoms with Crippen molar-refractivity contribution >= 4 is 5.97 Å². The molecule has 0 radical (unpaired) electrons. The zero-order chi connectivity index (χ0) is 21.7. The number of hydrogen-bond acceptors (Lipinski definition) is 2. The normalized spacial score (nSPS) is 28.5. The molecule has 0 saturated heterocycles. The number of carbonyl (C=O) groups is 1. The lowest BCUT2D eigenvalue weighted by atomic mass is 9.66. The number of halogens is 3. The van der Waals surface area contributed by atoms with Crippen LogP contribution in [0.4, 0.5) is 13.2 Å². The molecule has 1 unspecified atom stereocenters. The monoisotopic (exact) mass is 424 g/mol. The molecule has 1 aromatic rings. The average Bonchev–Trinajstić information content (AvgIpc) is 2.72. The van der Waals surface area contributed by atoms with Crippen molar-refractivity contribution in [3.63, 3.8) is 0 Å². The van der Waals surface area contributed by atoms with Gasteiger partial charge < -0.3 is 9.84 Å². The number of alkyl halides is 3. The van der Waals surface area contributed by atoms with Crippen LogP contribution < -0.4 is 4.74 Å². The summed E-state index contributed by atoms with van der Waals surface area (Å²) >= 11 is 0. The van der Waals surface area contributed by atoms with Crippen molar-refractivity contribution in [3.05, 3.63) is 42.5 Å². The molecule has 1 N–H and O–H groups in total. The summed E-state index contributed by atoms with van der Waals surface area (Å²) < 4.78 is 40.9.